The molecule has 1 aliphatic heterocycles. The van der Waals surface area contributed by atoms with Gasteiger partial charge in [-0.2, -0.15) is 0 Å². The zero-order chi connectivity index (χ0) is 25.9. The number of hydrogen-bond donors (Lipinski definition) is 1. The summed E-state index contributed by atoms with van der Waals surface area (Å²) in [5, 5.41) is 9.59. The van der Waals surface area contributed by atoms with E-state index in [1.54, 1.807) is 6.07 Å². The molecule has 0 unspecified atom stereocenters. The molecule has 1 fully saturated rings. The lowest BCUT2D eigenvalue weighted by Crippen LogP contribution is -2.47. The molecule has 3 aromatic rings. The van der Waals surface area contributed by atoms with Crippen LogP contribution in [0.3, 0.4) is 0 Å². The minimum atomic E-state index is -0.879. The molecule has 3 nitrogen and oxygen atoms in total. The van der Waals surface area contributed by atoms with Crippen molar-refractivity contribution >= 4 is 17.1 Å². The number of carboxylic acids is 1. The van der Waals surface area contributed by atoms with Crippen LogP contribution in [0.5, 0.6) is 0 Å². The fraction of sp³-hybridized carbons (Fsp3) is 0.364. The molecule has 0 aromatic heterocycles. The molecule has 0 atom stereocenters. The lowest BCUT2D eigenvalue weighted by molar-refractivity contribution is 0.0696. The maximum atomic E-state index is 12.4. The van der Waals surface area contributed by atoms with E-state index in [0.717, 1.165) is 56.4 Å². The summed E-state index contributed by atoms with van der Waals surface area (Å²) in [5.74, 6) is -0.237. The number of carboxylic acid groups (broad SMARTS) is 1. The first-order valence-electron chi connectivity index (χ1n) is 13.5. The van der Waals surface area contributed by atoms with Gasteiger partial charge in [-0.25, -0.2) is 4.79 Å². The Bertz CT molecular complexity index is 1320. The van der Waals surface area contributed by atoms with E-state index < -0.39 is 5.97 Å². The van der Waals surface area contributed by atoms with E-state index in [-0.39, 0.29) is 6.67 Å². The SMILES string of the molecule is Cc1ccc(C2=C(c3ccc(CC4CN(CCCF)C4)cc3)c3ccc(C(=O)O)cc3CCC2)c(C)c1. The van der Waals surface area contributed by atoms with Crippen LogP contribution in [0, 0.1) is 19.8 Å². The molecule has 0 spiro atoms. The second-order valence-corrected chi connectivity index (χ2v) is 10.8. The molecule has 192 valence electrons. The molecule has 5 rings (SSSR count). The molecule has 0 saturated carbocycles. The summed E-state index contributed by atoms with van der Waals surface area (Å²) < 4.78 is 12.4. The predicted molar refractivity (Wildman–Crippen MR) is 149 cm³/mol. The Morgan fingerprint density at radius 2 is 1.73 bits per heavy atom. The number of carbonyl (C=O) groups is 1. The molecule has 1 heterocycles. The van der Waals surface area contributed by atoms with Crippen LogP contribution < -0.4 is 0 Å². The number of aryl methyl sites for hydroxylation is 3. The van der Waals surface area contributed by atoms with E-state index in [2.05, 4.69) is 61.2 Å². The highest BCUT2D eigenvalue weighted by Gasteiger charge is 2.26. The van der Waals surface area contributed by atoms with E-state index >= 15 is 0 Å². The first-order chi connectivity index (χ1) is 17.9. The summed E-state index contributed by atoms with van der Waals surface area (Å²) in [7, 11) is 0. The van der Waals surface area contributed by atoms with E-state index in [0.29, 0.717) is 17.9 Å². The monoisotopic (exact) mass is 497 g/mol. The van der Waals surface area contributed by atoms with Gasteiger partial charge in [-0.1, -0.05) is 54.1 Å². The van der Waals surface area contributed by atoms with E-state index in [9.17, 15) is 14.3 Å². The number of halogens is 1. The summed E-state index contributed by atoms with van der Waals surface area (Å²) >= 11 is 0. The number of allylic oxidation sites excluding steroid dienone is 1. The van der Waals surface area contributed by atoms with Gasteiger partial charge in [-0.3, -0.25) is 4.39 Å². The minimum Gasteiger partial charge on any atom is -0.478 e. The summed E-state index contributed by atoms with van der Waals surface area (Å²) in [6, 6.07) is 21.3. The molecule has 1 N–H and O–H groups in total. The van der Waals surface area contributed by atoms with Crippen molar-refractivity contribution in [3.05, 3.63) is 105 Å². The number of nitrogens with zero attached hydrogens (tertiary/aromatic N) is 1. The van der Waals surface area contributed by atoms with Crippen LogP contribution in [0.2, 0.25) is 0 Å². The first-order valence-corrected chi connectivity index (χ1v) is 13.5. The van der Waals surface area contributed by atoms with E-state index in [4.69, 9.17) is 0 Å². The number of hydrogen-bond acceptors (Lipinski definition) is 2. The third-order valence-electron chi connectivity index (χ3n) is 7.91. The molecule has 2 aliphatic rings. The Hall–Kier alpha value is -3.24. The van der Waals surface area contributed by atoms with Gasteiger partial charge in [0.05, 0.1) is 12.2 Å². The quantitative estimate of drug-likeness (QED) is 0.360. The Morgan fingerprint density at radius 1 is 0.973 bits per heavy atom. The molecule has 0 amide bonds. The lowest BCUT2D eigenvalue weighted by atomic mass is 9.85. The summed E-state index contributed by atoms with van der Waals surface area (Å²) in [6.07, 6.45) is 4.49. The van der Waals surface area contributed by atoms with Crippen LogP contribution in [0.15, 0.2) is 60.7 Å². The standard InChI is InChI=1S/C33H36FNO2/c1-22-7-13-29(23(2)17-22)31-6-3-5-27-19-28(33(36)37)12-14-30(27)32(31)26-10-8-24(9-11-26)18-25-20-35(21-25)16-4-15-34/h7-14,17,19,25H,3-6,15-16,18,20-21H2,1-2H3,(H,36,37). The molecular weight excluding hydrogens is 461 g/mol. The maximum absolute atomic E-state index is 12.4. The van der Waals surface area contributed by atoms with Crippen LogP contribution >= 0.6 is 0 Å². The number of rotatable bonds is 8. The molecule has 0 radical (unpaired) electrons. The molecule has 4 heteroatoms. The molecule has 37 heavy (non-hydrogen) atoms. The lowest BCUT2D eigenvalue weighted by Gasteiger charge is -2.39. The van der Waals surface area contributed by atoms with Crippen molar-refractivity contribution in [2.75, 3.05) is 26.3 Å². The molecule has 1 saturated heterocycles. The zero-order valence-corrected chi connectivity index (χ0v) is 21.9. The van der Waals surface area contributed by atoms with E-state index in [1.807, 2.05) is 12.1 Å². The number of benzene rings is 3. The van der Waals surface area contributed by atoms with Crippen molar-refractivity contribution in [2.24, 2.45) is 5.92 Å². The average molecular weight is 498 g/mol. The van der Waals surface area contributed by atoms with Gasteiger partial charge in [0, 0.05) is 19.6 Å². The highest BCUT2D eigenvalue weighted by molar-refractivity contribution is 6.01. The van der Waals surface area contributed by atoms with Crippen molar-refractivity contribution in [1.29, 1.82) is 0 Å². The smallest absolute Gasteiger partial charge is 0.335 e. The van der Waals surface area contributed by atoms with Gasteiger partial charge in [0.25, 0.3) is 0 Å². The van der Waals surface area contributed by atoms with Crippen molar-refractivity contribution in [3.8, 4) is 0 Å². The molecular formula is C33H36FNO2. The van der Waals surface area contributed by atoms with Gasteiger partial charge < -0.3 is 10.0 Å². The second-order valence-electron chi connectivity index (χ2n) is 10.8. The van der Waals surface area contributed by atoms with E-state index in [1.165, 1.54) is 39.0 Å². The fourth-order valence-corrected chi connectivity index (χ4v) is 6.08. The Labute approximate surface area is 219 Å². The van der Waals surface area contributed by atoms with Gasteiger partial charge in [0.1, 0.15) is 0 Å². The number of aromatic carboxylic acids is 1. The fourth-order valence-electron chi connectivity index (χ4n) is 6.08. The zero-order valence-electron chi connectivity index (χ0n) is 21.9. The highest BCUT2D eigenvalue weighted by atomic mass is 19.1. The topological polar surface area (TPSA) is 40.5 Å². The number of fused-ring (bicyclic) bond motifs is 1. The van der Waals surface area contributed by atoms with Gasteiger partial charge in [0.2, 0.25) is 0 Å². The van der Waals surface area contributed by atoms with Gasteiger partial charge in [-0.05, 0) is 109 Å². The van der Waals surface area contributed by atoms with Crippen LogP contribution in [0.1, 0.15) is 68.6 Å². The average Bonchev–Trinajstić information content (AvgIpc) is 3.04. The van der Waals surface area contributed by atoms with Gasteiger partial charge in [-0.15, -0.1) is 0 Å². The Morgan fingerprint density at radius 3 is 2.43 bits per heavy atom. The number of alkyl halides is 1. The van der Waals surface area contributed by atoms with Crippen molar-refractivity contribution < 1.29 is 14.3 Å². The summed E-state index contributed by atoms with van der Waals surface area (Å²) in [4.78, 5) is 14.0. The largest absolute Gasteiger partial charge is 0.478 e. The highest BCUT2D eigenvalue weighted by Crippen LogP contribution is 2.41. The Balaban J connectivity index is 1.51. The third kappa shape index (κ3) is 5.55. The molecule has 3 aromatic carbocycles. The van der Waals surface area contributed by atoms with Crippen LogP contribution in [-0.4, -0.2) is 42.3 Å². The maximum Gasteiger partial charge on any atom is 0.335 e. The van der Waals surface area contributed by atoms with Crippen LogP contribution in [0.25, 0.3) is 11.1 Å². The van der Waals surface area contributed by atoms with Gasteiger partial charge >= 0.3 is 5.97 Å². The van der Waals surface area contributed by atoms with Crippen LogP contribution in [0.4, 0.5) is 4.39 Å². The predicted octanol–water partition coefficient (Wildman–Crippen LogP) is 7.13. The molecule has 1 aliphatic carbocycles. The van der Waals surface area contributed by atoms with Crippen LogP contribution in [-0.2, 0) is 12.8 Å². The summed E-state index contributed by atoms with van der Waals surface area (Å²) in [6.45, 7) is 7.06. The van der Waals surface area contributed by atoms with Crippen molar-refractivity contribution in [3.63, 3.8) is 0 Å². The van der Waals surface area contributed by atoms with Gasteiger partial charge in [0.15, 0.2) is 0 Å². The minimum absolute atomic E-state index is 0.233. The second kappa shape index (κ2) is 11.0. The first kappa shape index (κ1) is 25.4. The molecule has 0 bridgehead atoms. The normalized spacial score (nSPS) is 16.3. The Kier molecular flexibility index (Phi) is 7.57. The third-order valence-corrected chi connectivity index (χ3v) is 7.91. The van der Waals surface area contributed by atoms with Crippen molar-refractivity contribution in [1.82, 2.24) is 4.90 Å². The summed E-state index contributed by atoms with van der Waals surface area (Å²) in [5.41, 5.74) is 11.5. The number of likely N-dealkylation sites (tertiary alicyclic amines) is 1. The van der Waals surface area contributed by atoms with Crippen molar-refractivity contribution in [2.45, 2.75) is 46.0 Å².